The number of hydrogen-bond donors (Lipinski definition) is 1. The standard InChI is InChI=1S/C19H29N/c1-2-13-20-14-16-9-6-12-18(16)19-11-4-3-10-17(19)15-7-5-8-15/h3-4,10-11,15-16,18,20H,2,5-9,12-14H2,1H3. The molecule has 2 atom stereocenters. The lowest BCUT2D eigenvalue weighted by Gasteiger charge is -2.31. The van der Waals surface area contributed by atoms with Crippen LogP contribution >= 0.6 is 0 Å². The molecule has 2 fully saturated rings. The van der Waals surface area contributed by atoms with Crippen molar-refractivity contribution < 1.29 is 0 Å². The van der Waals surface area contributed by atoms with Crippen molar-refractivity contribution in [3.05, 3.63) is 35.4 Å². The molecule has 1 aromatic carbocycles. The summed E-state index contributed by atoms with van der Waals surface area (Å²) in [6.45, 7) is 4.65. The van der Waals surface area contributed by atoms with Gasteiger partial charge in [-0.25, -0.2) is 0 Å². The number of nitrogens with one attached hydrogen (secondary N) is 1. The highest BCUT2D eigenvalue weighted by Crippen LogP contribution is 2.45. The second kappa shape index (κ2) is 6.76. The van der Waals surface area contributed by atoms with Crippen molar-refractivity contribution in [3.63, 3.8) is 0 Å². The van der Waals surface area contributed by atoms with Gasteiger partial charge in [0.2, 0.25) is 0 Å². The van der Waals surface area contributed by atoms with Gasteiger partial charge in [0.1, 0.15) is 0 Å². The molecular formula is C19H29N. The normalized spacial score (nSPS) is 26.6. The van der Waals surface area contributed by atoms with Gasteiger partial charge in [-0.2, -0.15) is 0 Å². The van der Waals surface area contributed by atoms with Crippen molar-refractivity contribution in [2.75, 3.05) is 13.1 Å². The van der Waals surface area contributed by atoms with Gasteiger partial charge in [-0.05, 0) is 74.1 Å². The predicted octanol–water partition coefficient (Wildman–Crippen LogP) is 4.84. The third kappa shape index (κ3) is 2.93. The quantitative estimate of drug-likeness (QED) is 0.730. The molecule has 0 spiro atoms. The second-order valence-corrected chi connectivity index (χ2v) is 6.76. The van der Waals surface area contributed by atoms with Crippen molar-refractivity contribution in [2.45, 2.75) is 63.7 Å². The summed E-state index contributed by atoms with van der Waals surface area (Å²) in [4.78, 5) is 0. The van der Waals surface area contributed by atoms with Gasteiger partial charge < -0.3 is 5.32 Å². The van der Waals surface area contributed by atoms with Crippen molar-refractivity contribution in [1.29, 1.82) is 0 Å². The molecule has 0 heterocycles. The predicted molar refractivity (Wildman–Crippen MR) is 86.3 cm³/mol. The second-order valence-electron chi connectivity index (χ2n) is 6.76. The van der Waals surface area contributed by atoms with Crippen LogP contribution in [0.15, 0.2) is 24.3 Å². The van der Waals surface area contributed by atoms with E-state index in [0.29, 0.717) is 0 Å². The van der Waals surface area contributed by atoms with E-state index in [1.54, 1.807) is 11.1 Å². The SMILES string of the molecule is CCCNCC1CCCC1c1ccccc1C1CCC1. The molecule has 2 saturated carbocycles. The van der Waals surface area contributed by atoms with Crippen LogP contribution in [0.25, 0.3) is 0 Å². The molecule has 0 saturated heterocycles. The summed E-state index contributed by atoms with van der Waals surface area (Å²) in [6.07, 6.45) is 9.76. The Morgan fingerprint density at radius 1 is 1.00 bits per heavy atom. The Morgan fingerprint density at radius 3 is 2.45 bits per heavy atom. The van der Waals surface area contributed by atoms with Crippen molar-refractivity contribution in [3.8, 4) is 0 Å². The fourth-order valence-corrected chi connectivity index (χ4v) is 4.09. The Kier molecular flexibility index (Phi) is 4.77. The highest BCUT2D eigenvalue weighted by atomic mass is 14.9. The number of benzene rings is 1. The first-order valence-corrected chi connectivity index (χ1v) is 8.69. The van der Waals surface area contributed by atoms with E-state index in [-0.39, 0.29) is 0 Å². The molecule has 1 aromatic rings. The molecule has 110 valence electrons. The Bertz CT molecular complexity index is 422. The maximum Gasteiger partial charge on any atom is -0.00147 e. The van der Waals surface area contributed by atoms with E-state index in [0.717, 1.165) is 17.8 Å². The van der Waals surface area contributed by atoms with Crippen LogP contribution in [0, 0.1) is 5.92 Å². The average Bonchev–Trinajstić information content (AvgIpc) is 2.86. The van der Waals surface area contributed by atoms with Crippen LogP contribution in [-0.4, -0.2) is 13.1 Å². The first kappa shape index (κ1) is 14.1. The monoisotopic (exact) mass is 271 g/mol. The van der Waals surface area contributed by atoms with Crippen LogP contribution in [0.2, 0.25) is 0 Å². The van der Waals surface area contributed by atoms with Crippen LogP contribution < -0.4 is 5.32 Å². The summed E-state index contributed by atoms with van der Waals surface area (Å²) < 4.78 is 0. The van der Waals surface area contributed by atoms with E-state index in [9.17, 15) is 0 Å². The molecule has 3 rings (SSSR count). The van der Waals surface area contributed by atoms with E-state index in [4.69, 9.17) is 0 Å². The van der Waals surface area contributed by atoms with Crippen LogP contribution in [-0.2, 0) is 0 Å². The van der Waals surface area contributed by atoms with Gasteiger partial charge in [0.05, 0.1) is 0 Å². The van der Waals surface area contributed by atoms with Crippen LogP contribution in [0.5, 0.6) is 0 Å². The third-order valence-corrected chi connectivity index (χ3v) is 5.43. The molecule has 1 N–H and O–H groups in total. The lowest BCUT2D eigenvalue weighted by atomic mass is 9.74. The Morgan fingerprint density at radius 2 is 1.75 bits per heavy atom. The summed E-state index contributed by atoms with van der Waals surface area (Å²) in [7, 11) is 0. The van der Waals surface area contributed by atoms with E-state index in [1.165, 1.54) is 58.0 Å². The lowest BCUT2D eigenvalue weighted by Crippen LogP contribution is -2.26. The molecular weight excluding hydrogens is 242 g/mol. The summed E-state index contributed by atoms with van der Waals surface area (Å²) in [5.74, 6) is 2.55. The van der Waals surface area contributed by atoms with Gasteiger partial charge in [0.15, 0.2) is 0 Å². The van der Waals surface area contributed by atoms with E-state index in [2.05, 4.69) is 36.5 Å². The minimum absolute atomic E-state index is 0.816. The van der Waals surface area contributed by atoms with Gasteiger partial charge in [-0.3, -0.25) is 0 Å². The summed E-state index contributed by atoms with van der Waals surface area (Å²) >= 11 is 0. The zero-order chi connectivity index (χ0) is 13.8. The molecule has 0 aliphatic heterocycles. The van der Waals surface area contributed by atoms with Crippen LogP contribution in [0.3, 0.4) is 0 Å². The van der Waals surface area contributed by atoms with Crippen LogP contribution in [0.4, 0.5) is 0 Å². The fraction of sp³-hybridized carbons (Fsp3) is 0.684. The highest BCUT2D eigenvalue weighted by molar-refractivity contribution is 5.35. The minimum Gasteiger partial charge on any atom is -0.316 e. The summed E-state index contributed by atoms with van der Waals surface area (Å²) in [6, 6.07) is 9.34. The summed E-state index contributed by atoms with van der Waals surface area (Å²) in [5.41, 5.74) is 3.38. The van der Waals surface area contributed by atoms with Gasteiger partial charge in [-0.1, -0.05) is 44.0 Å². The Hall–Kier alpha value is -0.820. The van der Waals surface area contributed by atoms with Crippen LogP contribution in [0.1, 0.15) is 74.8 Å². The largest absolute Gasteiger partial charge is 0.316 e. The highest BCUT2D eigenvalue weighted by Gasteiger charge is 2.32. The van der Waals surface area contributed by atoms with Gasteiger partial charge >= 0.3 is 0 Å². The topological polar surface area (TPSA) is 12.0 Å². The van der Waals surface area contributed by atoms with Crippen molar-refractivity contribution in [1.82, 2.24) is 5.32 Å². The molecule has 2 aliphatic rings. The molecule has 1 heteroatoms. The Labute approximate surface area is 124 Å². The molecule has 0 bridgehead atoms. The number of hydrogen-bond acceptors (Lipinski definition) is 1. The average molecular weight is 271 g/mol. The van der Waals surface area contributed by atoms with Gasteiger partial charge in [-0.15, -0.1) is 0 Å². The Balaban J connectivity index is 1.73. The number of rotatable bonds is 6. The first-order chi connectivity index (χ1) is 9.90. The van der Waals surface area contributed by atoms with Crippen molar-refractivity contribution >= 4 is 0 Å². The first-order valence-electron chi connectivity index (χ1n) is 8.69. The molecule has 0 amide bonds. The fourth-order valence-electron chi connectivity index (χ4n) is 4.09. The zero-order valence-electron chi connectivity index (χ0n) is 12.9. The molecule has 0 aromatic heterocycles. The molecule has 2 unspecified atom stereocenters. The van der Waals surface area contributed by atoms with Crippen molar-refractivity contribution in [2.24, 2.45) is 5.92 Å². The lowest BCUT2D eigenvalue weighted by molar-refractivity contribution is 0.403. The molecule has 0 radical (unpaired) electrons. The molecule has 20 heavy (non-hydrogen) atoms. The zero-order valence-corrected chi connectivity index (χ0v) is 12.9. The maximum absolute atomic E-state index is 3.65. The van der Waals surface area contributed by atoms with E-state index < -0.39 is 0 Å². The third-order valence-electron chi connectivity index (χ3n) is 5.43. The maximum atomic E-state index is 3.65. The van der Waals surface area contributed by atoms with E-state index in [1.807, 2.05) is 0 Å². The van der Waals surface area contributed by atoms with Gasteiger partial charge in [0, 0.05) is 0 Å². The van der Waals surface area contributed by atoms with E-state index >= 15 is 0 Å². The van der Waals surface area contributed by atoms with Gasteiger partial charge in [0.25, 0.3) is 0 Å². The molecule has 1 nitrogen and oxygen atoms in total. The minimum atomic E-state index is 0.816. The molecule has 2 aliphatic carbocycles. The smallest absolute Gasteiger partial charge is 0.00147 e. The summed E-state index contributed by atoms with van der Waals surface area (Å²) in [5, 5.41) is 3.65.